The van der Waals surface area contributed by atoms with Gasteiger partial charge in [0.05, 0.1) is 5.75 Å². The molecule has 4 nitrogen and oxygen atoms in total. The monoisotopic (exact) mass is 395 g/mol. The highest BCUT2D eigenvalue weighted by molar-refractivity contribution is 8.00. The fraction of sp³-hybridized carbons (Fsp3) is 0.381. The maximum atomic E-state index is 13.0. The fourth-order valence-electron chi connectivity index (χ4n) is 4.32. The lowest BCUT2D eigenvalue weighted by Crippen LogP contribution is -2.37. The van der Waals surface area contributed by atoms with Gasteiger partial charge in [0, 0.05) is 22.0 Å². The van der Waals surface area contributed by atoms with Crippen LogP contribution in [-0.4, -0.2) is 27.7 Å². The summed E-state index contributed by atoms with van der Waals surface area (Å²) in [5.41, 5.74) is 3.76. The predicted octanol–water partition coefficient (Wildman–Crippen LogP) is 4.64. The number of amides is 1. The fourth-order valence-corrected chi connectivity index (χ4v) is 6.49. The molecule has 0 fully saturated rings. The van der Waals surface area contributed by atoms with Gasteiger partial charge in [-0.3, -0.25) is 4.79 Å². The molecule has 2 aromatic heterocycles. The smallest absolute Gasteiger partial charge is 0.237 e. The average molecular weight is 396 g/mol. The first kappa shape index (κ1) is 17.2. The molecule has 0 saturated heterocycles. The van der Waals surface area contributed by atoms with Gasteiger partial charge in [-0.05, 0) is 56.2 Å². The van der Waals surface area contributed by atoms with E-state index >= 15 is 0 Å². The van der Waals surface area contributed by atoms with E-state index in [1.807, 2.05) is 17.0 Å². The Morgan fingerprint density at radius 3 is 3.04 bits per heavy atom. The highest BCUT2D eigenvalue weighted by Gasteiger charge is 2.30. The number of anilines is 1. The molecule has 0 saturated carbocycles. The van der Waals surface area contributed by atoms with E-state index in [2.05, 4.69) is 29.0 Å². The summed E-state index contributed by atoms with van der Waals surface area (Å²) in [5.74, 6) is 0.573. The third-order valence-electron chi connectivity index (χ3n) is 5.52. The van der Waals surface area contributed by atoms with Crippen molar-refractivity contribution in [2.24, 2.45) is 0 Å². The second-order valence-corrected chi connectivity index (χ2v) is 9.35. The van der Waals surface area contributed by atoms with Crippen molar-refractivity contribution in [2.75, 3.05) is 10.7 Å². The first-order valence-corrected chi connectivity index (χ1v) is 11.3. The zero-order chi connectivity index (χ0) is 18.4. The molecule has 1 aromatic carbocycles. The van der Waals surface area contributed by atoms with Crippen molar-refractivity contribution in [1.82, 2.24) is 9.97 Å². The number of aryl methyl sites for hydroxylation is 2. The van der Waals surface area contributed by atoms with Crippen molar-refractivity contribution in [3.8, 4) is 0 Å². The van der Waals surface area contributed by atoms with Crippen LogP contribution in [0.25, 0.3) is 10.2 Å². The molecule has 3 heterocycles. The number of hydrogen-bond donors (Lipinski definition) is 0. The Kier molecular flexibility index (Phi) is 4.40. The summed E-state index contributed by atoms with van der Waals surface area (Å²) in [6, 6.07) is 8.45. The van der Waals surface area contributed by atoms with Gasteiger partial charge in [0.25, 0.3) is 0 Å². The van der Waals surface area contributed by atoms with Crippen molar-refractivity contribution < 1.29 is 4.79 Å². The standard InChI is InChI=1S/C21H21N3OS2/c1-13-10-14-6-2-4-8-16(14)24(13)18(25)11-26-20-19-15-7-3-5-9-17(15)27-21(19)23-12-22-20/h2,4,6,8,12-13H,3,5,7,9-11H2,1H3. The van der Waals surface area contributed by atoms with Gasteiger partial charge in [-0.2, -0.15) is 0 Å². The van der Waals surface area contributed by atoms with E-state index in [-0.39, 0.29) is 11.9 Å². The van der Waals surface area contributed by atoms with Gasteiger partial charge < -0.3 is 4.90 Å². The molecule has 3 aromatic rings. The molecule has 1 aliphatic carbocycles. The molecular weight excluding hydrogens is 374 g/mol. The van der Waals surface area contributed by atoms with Crippen molar-refractivity contribution in [2.45, 2.75) is 50.1 Å². The normalized spacial score (nSPS) is 18.6. The minimum absolute atomic E-state index is 0.160. The van der Waals surface area contributed by atoms with E-state index in [0.29, 0.717) is 5.75 Å². The number of hydrogen-bond acceptors (Lipinski definition) is 5. The second-order valence-electron chi connectivity index (χ2n) is 7.30. The Morgan fingerprint density at radius 2 is 2.11 bits per heavy atom. The second kappa shape index (κ2) is 6.91. The highest BCUT2D eigenvalue weighted by Crippen LogP contribution is 2.39. The summed E-state index contributed by atoms with van der Waals surface area (Å²) in [6.45, 7) is 2.13. The van der Waals surface area contributed by atoms with Gasteiger partial charge in [-0.15, -0.1) is 11.3 Å². The van der Waals surface area contributed by atoms with Crippen LogP contribution in [0.4, 0.5) is 5.69 Å². The maximum absolute atomic E-state index is 13.0. The average Bonchev–Trinajstić information content (AvgIpc) is 3.23. The first-order valence-electron chi connectivity index (χ1n) is 9.50. The van der Waals surface area contributed by atoms with Crippen LogP contribution >= 0.6 is 23.1 Å². The molecule has 0 radical (unpaired) electrons. The molecule has 1 aliphatic heterocycles. The summed E-state index contributed by atoms with van der Waals surface area (Å²) in [6.07, 6.45) is 7.34. The molecule has 6 heteroatoms. The Bertz CT molecular complexity index is 1030. The minimum Gasteiger partial charge on any atom is -0.308 e. The van der Waals surface area contributed by atoms with E-state index in [4.69, 9.17) is 0 Å². The summed E-state index contributed by atoms with van der Waals surface area (Å²) in [5, 5.41) is 2.16. The molecule has 5 rings (SSSR count). The molecule has 0 spiro atoms. The SMILES string of the molecule is CC1Cc2ccccc2N1C(=O)CSc1ncnc2sc3c(c12)CCCC3. The number of thioether (sulfide) groups is 1. The van der Waals surface area contributed by atoms with Crippen LogP contribution in [0.3, 0.4) is 0 Å². The van der Waals surface area contributed by atoms with Crippen LogP contribution in [0.1, 0.15) is 35.8 Å². The number of carbonyl (C=O) groups excluding carboxylic acids is 1. The van der Waals surface area contributed by atoms with Crippen LogP contribution in [0, 0.1) is 0 Å². The molecular formula is C21H21N3OS2. The van der Waals surface area contributed by atoms with Crippen LogP contribution in [0.2, 0.25) is 0 Å². The van der Waals surface area contributed by atoms with E-state index in [0.717, 1.165) is 34.8 Å². The molecule has 2 aliphatic rings. The van der Waals surface area contributed by atoms with Gasteiger partial charge >= 0.3 is 0 Å². The number of fused-ring (bicyclic) bond motifs is 4. The predicted molar refractivity (Wildman–Crippen MR) is 112 cm³/mol. The van der Waals surface area contributed by atoms with Crippen molar-refractivity contribution >= 4 is 44.9 Å². The van der Waals surface area contributed by atoms with E-state index in [1.165, 1.54) is 34.2 Å². The van der Waals surface area contributed by atoms with Gasteiger partial charge in [0.1, 0.15) is 16.2 Å². The summed E-state index contributed by atoms with van der Waals surface area (Å²) >= 11 is 3.37. The number of aromatic nitrogens is 2. The number of nitrogens with zero attached hydrogens (tertiary/aromatic N) is 3. The maximum Gasteiger partial charge on any atom is 0.237 e. The van der Waals surface area contributed by atoms with E-state index in [1.54, 1.807) is 29.4 Å². The molecule has 27 heavy (non-hydrogen) atoms. The van der Waals surface area contributed by atoms with Gasteiger partial charge in [0.15, 0.2) is 0 Å². The molecule has 1 unspecified atom stereocenters. The highest BCUT2D eigenvalue weighted by atomic mass is 32.2. The molecule has 1 amide bonds. The number of thiophene rings is 1. The van der Waals surface area contributed by atoms with Crippen molar-refractivity contribution in [3.05, 3.63) is 46.6 Å². The third kappa shape index (κ3) is 2.95. The lowest BCUT2D eigenvalue weighted by Gasteiger charge is -2.22. The van der Waals surface area contributed by atoms with Gasteiger partial charge in [-0.25, -0.2) is 9.97 Å². The lowest BCUT2D eigenvalue weighted by atomic mass is 9.97. The van der Waals surface area contributed by atoms with Crippen LogP contribution in [0.15, 0.2) is 35.6 Å². The summed E-state index contributed by atoms with van der Waals surface area (Å²) < 4.78 is 0. The Balaban J connectivity index is 1.41. The number of benzene rings is 1. The van der Waals surface area contributed by atoms with E-state index in [9.17, 15) is 4.79 Å². The number of rotatable bonds is 3. The van der Waals surface area contributed by atoms with Crippen LogP contribution in [-0.2, 0) is 24.1 Å². The van der Waals surface area contributed by atoms with Crippen LogP contribution < -0.4 is 4.90 Å². The van der Waals surface area contributed by atoms with Crippen molar-refractivity contribution in [1.29, 1.82) is 0 Å². The summed E-state index contributed by atoms with van der Waals surface area (Å²) in [4.78, 5) is 26.6. The lowest BCUT2D eigenvalue weighted by molar-refractivity contribution is -0.116. The van der Waals surface area contributed by atoms with Crippen LogP contribution in [0.5, 0.6) is 0 Å². The first-order chi connectivity index (χ1) is 13.2. The zero-order valence-corrected chi connectivity index (χ0v) is 16.9. The number of para-hydroxylation sites is 1. The largest absolute Gasteiger partial charge is 0.308 e. The van der Waals surface area contributed by atoms with Gasteiger partial charge in [-0.1, -0.05) is 30.0 Å². The molecule has 0 bridgehead atoms. The zero-order valence-electron chi connectivity index (χ0n) is 15.3. The van der Waals surface area contributed by atoms with Crippen molar-refractivity contribution in [3.63, 3.8) is 0 Å². The number of carbonyl (C=O) groups is 1. The molecule has 138 valence electrons. The van der Waals surface area contributed by atoms with E-state index < -0.39 is 0 Å². The molecule has 0 N–H and O–H groups in total. The van der Waals surface area contributed by atoms with Gasteiger partial charge in [0.2, 0.25) is 5.91 Å². The third-order valence-corrected chi connectivity index (χ3v) is 7.70. The topological polar surface area (TPSA) is 46.1 Å². The Morgan fingerprint density at radius 1 is 1.26 bits per heavy atom. The molecule has 1 atom stereocenters. The Hall–Kier alpha value is -1.92. The Labute approximate surface area is 167 Å². The minimum atomic E-state index is 0.160. The summed E-state index contributed by atoms with van der Waals surface area (Å²) in [7, 11) is 0. The quantitative estimate of drug-likeness (QED) is 0.479.